The van der Waals surface area contributed by atoms with Gasteiger partial charge in [-0.2, -0.15) is 4.80 Å². The fraction of sp³-hybridized carbons (Fsp3) is 0.308. The van der Waals surface area contributed by atoms with E-state index in [-0.39, 0.29) is 0 Å². The number of benzene rings is 1. The molecule has 0 bridgehead atoms. The van der Waals surface area contributed by atoms with Crippen LogP contribution in [0.1, 0.15) is 19.9 Å². The van der Waals surface area contributed by atoms with Crippen LogP contribution in [0.4, 0.5) is 4.79 Å². The van der Waals surface area contributed by atoms with Gasteiger partial charge in [0.1, 0.15) is 6.04 Å². The molecule has 2 aromatic rings. The normalized spacial score (nSPS) is 11.8. The van der Waals surface area contributed by atoms with Gasteiger partial charge in [-0.15, -0.1) is 10.2 Å². The number of tetrazole rings is 1. The highest BCUT2D eigenvalue weighted by atomic mass is 79.9. The van der Waals surface area contributed by atoms with Gasteiger partial charge in [0.15, 0.2) is 0 Å². The second kappa shape index (κ2) is 7.12. The summed E-state index contributed by atoms with van der Waals surface area (Å²) in [4.78, 5) is 24.4. The first-order valence-electron chi connectivity index (χ1n) is 6.65. The Labute approximate surface area is 135 Å². The fourth-order valence-corrected chi connectivity index (χ4v) is 1.89. The molecule has 1 heterocycles. The first-order valence-corrected chi connectivity index (χ1v) is 7.44. The molecule has 1 unspecified atom stereocenters. The third-order valence-corrected chi connectivity index (χ3v) is 3.36. The van der Waals surface area contributed by atoms with E-state index in [1.165, 1.54) is 4.80 Å². The summed E-state index contributed by atoms with van der Waals surface area (Å²) >= 11 is 3.35. The molecule has 2 rings (SSSR count). The van der Waals surface area contributed by atoms with Crippen molar-refractivity contribution >= 4 is 27.9 Å². The number of halogens is 1. The molecule has 0 fully saturated rings. The van der Waals surface area contributed by atoms with Gasteiger partial charge >= 0.3 is 6.03 Å². The molecule has 22 heavy (non-hydrogen) atoms. The van der Waals surface area contributed by atoms with Gasteiger partial charge in [-0.3, -0.25) is 10.1 Å². The van der Waals surface area contributed by atoms with Crippen molar-refractivity contribution in [3.63, 3.8) is 0 Å². The molecule has 1 aromatic carbocycles. The fourth-order valence-electron chi connectivity index (χ4n) is 1.63. The molecule has 0 aliphatic carbocycles. The number of nitrogens with one attached hydrogen (secondary N) is 2. The van der Waals surface area contributed by atoms with E-state index < -0.39 is 18.0 Å². The molecule has 0 radical (unpaired) electrons. The lowest BCUT2D eigenvalue weighted by Gasteiger charge is -2.09. The molecule has 8 nitrogen and oxygen atoms in total. The van der Waals surface area contributed by atoms with E-state index in [9.17, 15) is 9.59 Å². The van der Waals surface area contributed by atoms with Crippen LogP contribution in [-0.2, 0) is 4.79 Å². The standard InChI is InChI=1S/C13H15BrN6O2/c1-3-15-13(22)16-12(21)8(2)20-18-11(17-19-20)9-4-6-10(14)7-5-9/h4-8H,3H2,1-2H3,(H2,15,16,21,22). The lowest BCUT2D eigenvalue weighted by atomic mass is 10.2. The Morgan fingerprint density at radius 3 is 2.64 bits per heavy atom. The summed E-state index contributed by atoms with van der Waals surface area (Å²) in [6.07, 6.45) is 0. The monoisotopic (exact) mass is 366 g/mol. The van der Waals surface area contributed by atoms with Crippen LogP contribution < -0.4 is 10.6 Å². The van der Waals surface area contributed by atoms with E-state index in [0.29, 0.717) is 12.4 Å². The van der Waals surface area contributed by atoms with Crippen LogP contribution in [0.5, 0.6) is 0 Å². The summed E-state index contributed by atoms with van der Waals surface area (Å²) in [5.74, 6) is -0.101. The van der Waals surface area contributed by atoms with E-state index in [2.05, 4.69) is 42.0 Å². The van der Waals surface area contributed by atoms with Crippen LogP contribution in [0.15, 0.2) is 28.7 Å². The summed E-state index contributed by atoms with van der Waals surface area (Å²) in [6.45, 7) is 3.78. The Balaban J connectivity index is 2.08. The molecule has 3 amide bonds. The lowest BCUT2D eigenvalue weighted by Crippen LogP contribution is -2.42. The molecule has 9 heteroatoms. The van der Waals surface area contributed by atoms with Crippen molar-refractivity contribution in [2.75, 3.05) is 6.54 Å². The Kier molecular flexibility index (Phi) is 5.21. The minimum absolute atomic E-state index is 0.408. The molecule has 1 atom stereocenters. The van der Waals surface area contributed by atoms with Gasteiger partial charge in [0.05, 0.1) is 0 Å². The number of urea groups is 1. The summed E-state index contributed by atoms with van der Waals surface area (Å²) in [7, 11) is 0. The van der Waals surface area contributed by atoms with Crippen molar-refractivity contribution in [2.24, 2.45) is 0 Å². The highest BCUT2D eigenvalue weighted by Gasteiger charge is 2.20. The van der Waals surface area contributed by atoms with Crippen molar-refractivity contribution in [2.45, 2.75) is 19.9 Å². The number of nitrogens with zero attached hydrogens (tertiary/aromatic N) is 4. The van der Waals surface area contributed by atoms with Crippen molar-refractivity contribution in [1.29, 1.82) is 0 Å². The number of hydrogen-bond acceptors (Lipinski definition) is 5. The van der Waals surface area contributed by atoms with Crippen LogP contribution in [0.3, 0.4) is 0 Å². The van der Waals surface area contributed by atoms with Gasteiger partial charge in [0.25, 0.3) is 5.91 Å². The van der Waals surface area contributed by atoms with Gasteiger partial charge in [-0.1, -0.05) is 15.9 Å². The van der Waals surface area contributed by atoms with E-state index >= 15 is 0 Å². The molecule has 116 valence electrons. The van der Waals surface area contributed by atoms with Crippen LogP contribution in [0.2, 0.25) is 0 Å². The average Bonchev–Trinajstić information content (AvgIpc) is 2.97. The van der Waals surface area contributed by atoms with Crippen LogP contribution in [0, 0.1) is 0 Å². The minimum atomic E-state index is -0.751. The van der Waals surface area contributed by atoms with Crippen molar-refractivity contribution in [1.82, 2.24) is 30.8 Å². The smallest absolute Gasteiger partial charge is 0.321 e. The first-order chi connectivity index (χ1) is 10.5. The number of aromatic nitrogens is 4. The number of rotatable bonds is 4. The van der Waals surface area contributed by atoms with Gasteiger partial charge in [0.2, 0.25) is 5.82 Å². The summed E-state index contributed by atoms with van der Waals surface area (Å²) in [5.41, 5.74) is 0.783. The topological polar surface area (TPSA) is 102 Å². The molecule has 0 aliphatic rings. The molecular weight excluding hydrogens is 352 g/mol. The Morgan fingerprint density at radius 2 is 2.00 bits per heavy atom. The molecule has 0 aliphatic heterocycles. The van der Waals surface area contributed by atoms with Crippen LogP contribution in [-0.4, -0.2) is 38.7 Å². The van der Waals surface area contributed by atoms with E-state index in [4.69, 9.17) is 0 Å². The Bertz CT molecular complexity index is 669. The van der Waals surface area contributed by atoms with E-state index in [1.807, 2.05) is 24.3 Å². The van der Waals surface area contributed by atoms with Gasteiger partial charge in [0, 0.05) is 16.6 Å². The van der Waals surface area contributed by atoms with Gasteiger partial charge in [-0.05, 0) is 43.3 Å². The Hall–Kier alpha value is -2.29. The minimum Gasteiger partial charge on any atom is -0.338 e. The van der Waals surface area contributed by atoms with Crippen LogP contribution >= 0.6 is 15.9 Å². The molecule has 2 N–H and O–H groups in total. The molecule has 1 aromatic heterocycles. The maximum Gasteiger partial charge on any atom is 0.321 e. The number of amides is 3. The molecular formula is C13H15BrN6O2. The highest BCUT2D eigenvalue weighted by molar-refractivity contribution is 9.10. The SMILES string of the molecule is CCNC(=O)NC(=O)C(C)n1nnc(-c2ccc(Br)cc2)n1. The van der Waals surface area contributed by atoms with Crippen molar-refractivity contribution in [3.05, 3.63) is 28.7 Å². The number of carbonyl (C=O) groups excluding carboxylic acids is 2. The van der Waals surface area contributed by atoms with E-state index in [0.717, 1.165) is 10.0 Å². The maximum absolute atomic E-state index is 11.9. The first kappa shape index (κ1) is 16.1. The maximum atomic E-state index is 11.9. The number of imide groups is 1. The molecule has 0 spiro atoms. The van der Waals surface area contributed by atoms with Crippen molar-refractivity contribution < 1.29 is 9.59 Å². The second-order valence-corrected chi connectivity index (χ2v) is 5.38. The zero-order valence-electron chi connectivity index (χ0n) is 12.1. The largest absolute Gasteiger partial charge is 0.338 e. The highest BCUT2D eigenvalue weighted by Crippen LogP contribution is 2.18. The Morgan fingerprint density at radius 1 is 1.32 bits per heavy atom. The van der Waals surface area contributed by atoms with Gasteiger partial charge in [-0.25, -0.2) is 4.79 Å². The predicted molar refractivity (Wildman–Crippen MR) is 82.9 cm³/mol. The quantitative estimate of drug-likeness (QED) is 0.853. The molecule has 0 saturated heterocycles. The summed E-state index contributed by atoms with van der Waals surface area (Å²) in [5, 5.41) is 16.6. The van der Waals surface area contributed by atoms with E-state index in [1.54, 1.807) is 13.8 Å². The van der Waals surface area contributed by atoms with Crippen molar-refractivity contribution in [3.8, 4) is 11.4 Å². The molecule has 0 saturated carbocycles. The predicted octanol–water partition coefficient (Wildman–Crippen LogP) is 1.51. The van der Waals surface area contributed by atoms with Gasteiger partial charge < -0.3 is 5.32 Å². The third kappa shape index (κ3) is 3.88. The summed E-state index contributed by atoms with van der Waals surface area (Å²) in [6, 6.07) is 6.10. The number of carbonyl (C=O) groups is 2. The lowest BCUT2D eigenvalue weighted by molar-refractivity contribution is -0.123. The second-order valence-electron chi connectivity index (χ2n) is 4.47. The summed E-state index contributed by atoms with van der Waals surface area (Å²) < 4.78 is 0.943. The average molecular weight is 367 g/mol. The zero-order valence-corrected chi connectivity index (χ0v) is 13.7. The van der Waals surface area contributed by atoms with Crippen LogP contribution in [0.25, 0.3) is 11.4 Å². The number of hydrogen-bond donors (Lipinski definition) is 2. The zero-order chi connectivity index (χ0) is 16.1. The third-order valence-electron chi connectivity index (χ3n) is 2.83.